The standard InChI is InChI=1S/C15H11NO2/c1-9-4-2-7-13-12(9)8-10-5-3-6-11(15(17)18)14(10)16-13/h2-8H,1H3,(H,17,18). The predicted octanol–water partition coefficient (Wildman–Crippen LogP) is 3.39. The smallest absolute Gasteiger partial charge is 0.337 e. The van der Waals surface area contributed by atoms with Gasteiger partial charge in [-0.15, -0.1) is 0 Å². The number of benzene rings is 2. The van der Waals surface area contributed by atoms with Crippen LogP contribution in [0.2, 0.25) is 0 Å². The number of rotatable bonds is 1. The Morgan fingerprint density at radius 2 is 1.94 bits per heavy atom. The molecule has 0 bridgehead atoms. The van der Waals surface area contributed by atoms with Gasteiger partial charge in [0.25, 0.3) is 0 Å². The first-order valence-corrected chi connectivity index (χ1v) is 5.69. The van der Waals surface area contributed by atoms with Crippen LogP contribution >= 0.6 is 0 Å². The topological polar surface area (TPSA) is 50.2 Å². The summed E-state index contributed by atoms with van der Waals surface area (Å²) in [4.78, 5) is 15.7. The van der Waals surface area contributed by atoms with Crippen LogP contribution in [0.4, 0.5) is 0 Å². The Morgan fingerprint density at radius 3 is 2.72 bits per heavy atom. The van der Waals surface area contributed by atoms with Gasteiger partial charge in [0, 0.05) is 10.8 Å². The highest BCUT2D eigenvalue weighted by atomic mass is 16.4. The Kier molecular flexibility index (Phi) is 2.27. The molecular formula is C15H11NO2. The molecule has 3 nitrogen and oxygen atoms in total. The van der Waals surface area contributed by atoms with E-state index in [0.29, 0.717) is 5.52 Å². The second kappa shape index (κ2) is 3.81. The van der Waals surface area contributed by atoms with Crippen molar-refractivity contribution in [3.63, 3.8) is 0 Å². The van der Waals surface area contributed by atoms with Crippen molar-refractivity contribution in [1.82, 2.24) is 4.98 Å². The maximum Gasteiger partial charge on any atom is 0.337 e. The molecule has 0 atom stereocenters. The van der Waals surface area contributed by atoms with Crippen molar-refractivity contribution in [2.24, 2.45) is 0 Å². The minimum atomic E-state index is -0.944. The quantitative estimate of drug-likeness (QED) is 0.660. The van der Waals surface area contributed by atoms with Gasteiger partial charge in [-0.2, -0.15) is 0 Å². The largest absolute Gasteiger partial charge is 0.478 e. The van der Waals surface area contributed by atoms with Crippen molar-refractivity contribution >= 4 is 27.8 Å². The molecule has 0 amide bonds. The third kappa shape index (κ3) is 1.52. The van der Waals surface area contributed by atoms with Gasteiger partial charge in [-0.3, -0.25) is 0 Å². The molecule has 0 aliphatic carbocycles. The maximum absolute atomic E-state index is 11.2. The molecule has 0 saturated heterocycles. The lowest BCUT2D eigenvalue weighted by molar-refractivity contribution is 0.0699. The van der Waals surface area contributed by atoms with E-state index >= 15 is 0 Å². The predicted molar refractivity (Wildman–Crippen MR) is 70.9 cm³/mol. The van der Waals surface area contributed by atoms with E-state index in [9.17, 15) is 4.79 Å². The molecule has 88 valence electrons. The third-order valence-corrected chi connectivity index (χ3v) is 3.13. The van der Waals surface area contributed by atoms with Crippen LogP contribution < -0.4 is 0 Å². The lowest BCUT2D eigenvalue weighted by Crippen LogP contribution is -1.99. The summed E-state index contributed by atoms with van der Waals surface area (Å²) in [7, 11) is 0. The Bertz CT molecular complexity index is 778. The highest BCUT2D eigenvalue weighted by molar-refractivity contribution is 6.05. The molecule has 3 heteroatoms. The summed E-state index contributed by atoms with van der Waals surface area (Å²) in [6.07, 6.45) is 0. The first-order chi connectivity index (χ1) is 8.66. The highest BCUT2D eigenvalue weighted by Crippen LogP contribution is 2.24. The molecule has 0 radical (unpaired) electrons. The van der Waals surface area contributed by atoms with Crippen LogP contribution in [0.25, 0.3) is 21.8 Å². The second-order valence-electron chi connectivity index (χ2n) is 4.31. The Labute approximate surface area is 104 Å². The van der Waals surface area contributed by atoms with Gasteiger partial charge >= 0.3 is 5.97 Å². The summed E-state index contributed by atoms with van der Waals surface area (Å²) >= 11 is 0. The number of carboxylic acid groups (broad SMARTS) is 1. The van der Waals surface area contributed by atoms with E-state index in [1.165, 1.54) is 0 Å². The van der Waals surface area contributed by atoms with Gasteiger partial charge in [-0.05, 0) is 30.7 Å². The van der Waals surface area contributed by atoms with Crippen LogP contribution in [0.15, 0.2) is 42.5 Å². The van der Waals surface area contributed by atoms with Gasteiger partial charge in [-0.1, -0.05) is 24.3 Å². The molecule has 1 heterocycles. The van der Waals surface area contributed by atoms with Crippen molar-refractivity contribution in [3.8, 4) is 0 Å². The summed E-state index contributed by atoms with van der Waals surface area (Å²) in [5, 5.41) is 11.1. The molecule has 0 fully saturated rings. The molecule has 0 aliphatic heterocycles. The van der Waals surface area contributed by atoms with Crippen molar-refractivity contribution in [2.45, 2.75) is 6.92 Å². The van der Waals surface area contributed by atoms with Crippen LogP contribution in [-0.2, 0) is 0 Å². The van der Waals surface area contributed by atoms with Crippen LogP contribution in [0.1, 0.15) is 15.9 Å². The molecule has 0 saturated carbocycles. The average molecular weight is 237 g/mol. The van der Waals surface area contributed by atoms with E-state index in [1.807, 2.05) is 37.3 Å². The zero-order valence-electron chi connectivity index (χ0n) is 9.84. The minimum Gasteiger partial charge on any atom is -0.478 e. The highest BCUT2D eigenvalue weighted by Gasteiger charge is 2.10. The van der Waals surface area contributed by atoms with Crippen molar-refractivity contribution in [1.29, 1.82) is 0 Å². The molecule has 1 N–H and O–H groups in total. The average Bonchev–Trinajstić information content (AvgIpc) is 2.36. The molecule has 1 aromatic heterocycles. The maximum atomic E-state index is 11.2. The Hall–Kier alpha value is -2.42. The van der Waals surface area contributed by atoms with Crippen LogP contribution in [0.5, 0.6) is 0 Å². The fourth-order valence-electron chi connectivity index (χ4n) is 2.20. The zero-order valence-corrected chi connectivity index (χ0v) is 9.84. The van der Waals surface area contributed by atoms with Gasteiger partial charge < -0.3 is 5.11 Å². The van der Waals surface area contributed by atoms with E-state index < -0.39 is 5.97 Å². The first kappa shape index (κ1) is 10.7. The van der Waals surface area contributed by atoms with Gasteiger partial charge in [0.2, 0.25) is 0 Å². The number of para-hydroxylation sites is 1. The molecule has 0 unspecified atom stereocenters. The van der Waals surface area contributed by atoms with Crippen molar-refractivity contribution < 1.29 is 9.90 Å². The number of hydrogen-bond acceptors (Lipinski definition) is 2. The normalized spacial score (nSPS) is 10.9. The number of aromatic carboxylic acids is 1. The van der Waals surface area contributed by atoms with Gasteiger partial charge in [0.05, 0.1) is 16.6 Å². The van der Waals surface area contributed by atoms with Crippen molar-refractivity contribution in [2.75, 3.05) is 0 Å². The summed E-state index contributed by atoms with van der Waals surface area (Å²) in [5.41, 5.74) is 2.76. The fourth-order valence-corrected chi connectivity index (χ4v) is 2.20. The molecule has 18 heavy (non-hydrogen) atoms. The third-order valence-electron chi connectivity index (χ3n) is 3.13. The molecule has 3 rings (SSSR count). The number of carbonyl (C=O) groups is 1. The number of hydrogen-bond donors (Lipinski definition) is 1. The first-order valence-electron chi connectivity index (χ1n) is 5.69. The monoisotopic (exact) mass is 237 g/mol. The number of aromatic nitrogens is 1. The van der Waals surface area contributed by atoms with Gasteiger partial charge in [0.15, 0.2) is 0 Å². The van der Waals surface area contributed by atoms with Crippen LogP contribution in [0.3, 0.4) is 0 Å². The van der Waals surface area contributed by atoms with Crippen LogP contribution in [-0.4, -0.2) is 16.1 Å². The zero-order chi connectivity index (χ0) is 12.7. The summed E-state index contributed by atoms with van der Waals surface area (Å²) in [6.45, 7) is 2.02. The number of aryl methyl sites for hydroxylation is 1. The molecular weight excluding hydrogens is 226 g/mol. The van der Waals surface area contributed by atoms with E-state index in [-0.39, 0.29) is 5.56 Å². The molecule has 2 aromatic carbocycles. The number of pyridine rings is 1. The molecule has 3 aromatic rings. The number of fused-ring (bicyclic) bond motifs is 2. The second-order valence-corrected chi connectivity index (χ2v) is 4.31. The summed E-state index contributed by atoms with van der Waals surface area (Å²) in [5.74, 6) is -0.944. The summed E-state index contributed by atoms with van der Waals surface area (Å²) in [6, 6.07) is 13.1. The molecule has 0 aliphatic rings. The van der Waals surface area contributed by atoms with Gasteiger partial charge in [-0.25, -0.2) is 9.78 Å². The minimum absolute atomic E-state index is 0.246. The Balaban J connectivity index is 2.49. The van der Waals surface area contributed by atoms with E-state index in [1.54, 1.807) is 12.1 Å². The fraction of sp³-hybridized carbons (Fsp3) is 0.0667. The van der Waals surface area contributed by atoms with E-state index in [2.05, 4.69) is 4.98 Å². The lowest BCUT2D eigenvalue weighted by atomic mass is 10.0. The van der Waals surface area contributed by atoms with E-state index in [4.69, 9.17) is 5.11 Å². The number of carboxylic acids is 1. The van der Waals surface area contributed by atoms with E-state index in [0.717, 1.165) is 21.9 Å². The molecule has 0 spiro atoms. The van der Waals surface area contributed by atoms with Gasteiger partial charge in [0.1, 0.15) is 0 Å². The summed E-state index contributed by atoms with van der Waals surface area (Å²) < 4.78 is 0. The van der Waals surface area contributed by atoms with Crippen molar-refractivity contribution in [3.05, 3.63) is 53.6 Å². The van der Waals surface area contributed by atoms with Crippen LogP contribution in [0, 0.1) is 6.92 Å². The number of nitrogens with zero attached hydrogens (tertiary/aromatic N) is 1. The SMILES string of the molecule is Cc1cccc2nc3c(C(=O)O)cccc3cc12. The Morgan fingerprint density at radius 1 is 1.17 bits per heavy atom. The lowest BCUT2D eigenvalue weighted by Gasteiger charge is -2.06.